The fourth-order valence-electron chi connectivity index (χ4n) is 1.11. The number of pyridine rings is 1. The lowest BCUT2D eigenvalue weighted by Crippen LogP contribution is -2.04. The molecular formula is C8H9Cl2NO2. The van der Waals surface area contributed by atoms with Crippen LogP contribution < -0.4 is 0 Å². The van der Waals surface area contributed by atoms with Crippen molar-refractivity contribution in [1.82, 2.24) is 4.98 Å². The summed E-state index contributed by atoms with van der Waals surface area (Å²) in [6.45, 7) is 3.33. The number of aromatic nitrogens is 1. The lowest BCUT2D eigenvalue weighted by molar-refractivity contribution is 0.0695. The topological polar surface area (TPSA) is 50.2 Å². The Morgan fingerprint density at radius 1 is 1.54 bits per heavy atom. The van der Waals surface area contributed by atoms with Gasteiger partial charge in [-0.05, 0) is 25.5 Å². The molecule has 0 unspecified atom stereocenters. The molecule has 1 rings (SSSR count). The molecule has 72 valence electrons. The van der Waals surface area contributed by atoms with Crippen LogP contribution >= 0.6 is 24.0 Å². The monoisotopic (exact) mass is 221 g/mol. The molecule has 3 nitrogen and oxygen atoms in total. The van der Waals surface area contributed by atoms with Crippen LogP contribution in [0, 0.1) is 13.8 Å². The molecule has 0 aromatic carbocycles. The number of hydrogen-bond donors (Lipinski definition) is 1. The first-order valence-corrected chi connectivity index (χ1v) is 3.77. The standard InChI is InChI=1S/C8H8ClNO2.ClH/c1-4-3-6(9)10-5(2)7(4)8(11)12;/h3H,1-2H3,(H,11,12);1H. The van der Waals surface area contributed by atoms with Crippen LogP contribution in [0.1, 0.15) is 21.6 Å². The van der Waals surface area contributed by atoms with E-state index in [1.807, 2.05) is 0 Å². The highest BCUT2D eigenvalue weighted by Gasteiger charge is 2.12. The van der Waals surface area contributed by atoms with Gasteiger partial charge in [0.15, 0.2) is 0 Å². The summed E-state index contributed by atoms with van der Waals surface area (Å²) in [5.41, 5.74) is 1.33. The third kappa shape index (κ3) is 2.57. The van der Waals surface area contributed by atoms with Gasteiger partial charge < -0.3 is 5.11 Å². The molecule has 1 aromatic heterocycles. The zero-order valence-corrected chi connectivity index (χ0v) is 8.74. The maximum atomic E-state index is 10.7. The van der Waals surface area contributed by atoms with Crippen LogP contribution in [0.2, 0.25) is 5.15 Å². The summed E-state index contributed by atoms with van der Waals surface area (Å²) in [6.07, 6.45) is 0. The summed E-state index contributed by atoms with van der Waals surface area (Å²) in [7, 11) is 0. The summed E-state index contributed by atoms with van der Waals surface area (Å²) in [6, 6.07) is 1.54. The number of rotatable bonds is 1. The van der Waals surface area contributed by atoms with E-state index in [1.165, 1.54) is 6.07 Å². The van der Waals surface area contributed by atoms with Crippen molar-refractivity contribution in [2.45, 2.75) is 13.8 Å². The minimum absolute atomic E-state index is 0. The fourth-order valence-corrected chi connectivity index (χ4v) is 1.40. The number of aromatic carboxylic acids is 1. The van der Waals surface area contributed by atoms with Crippen molar-refractivity contribution in [3.63, 3.8) is 0 Å². The molecule has 0 aliphatic rings. The highest BCUT2D eigenvalue weighted by Crippen LogP contribution is 2.15. The molecule has 0 atom stereocenters. The lowest BCUT2D eigenvalue weighted by atomic mass is 10.1. The van der Waals surface area contributed by atoms with E-state index in [2.05, 4.69) is 4.98 Å². The second-order valence-corrected chi connectivity index (χ2v) is 2.91. The van der Waals surface area contributed by atoms with E-state index in [-0.39, 0.29) is 18.0 Å². The number of aryl methyl sites for hydroxylation is 2. The first-order chi connectivity index (χ1) is 5.52. The Labute approximate surface area is 87.2 Å². The zero-order valence-electron chi connectivity index (χ0n) is 7.17. The van der Waals surface area contributed by atoms with Crippen LogP contribution in [0.5, 0.6) is 0 Å². The molecule has 5 heteroatoms. The first-order valence-electron chi connectivity index (χ1n) is 3.39. The Hall–Kier alpha value is -0.800. The Morgan fingerprint density at radius 3 is 2.46 bits per heavy atom. The molecule has 1 N–H and O–H groups in total. The van der Waals surface area contributed by atoms with Crippen molar-refractivity contribution >= 4 is 30.0 Å². The largest absolute Gasteiger partial charge is 0.478 e. The summed E-state index contributed by atoms with van der Waals surface area (Å²) in [5, 5.41) is 9.08. The Kier molecular flexibility index (Phi) is 4.17. The summed E-state index contributed by atoms with van der Waals surface area (Å²) < 4.78 is 0. The molecule has 0 bridgehead atoms. The quantitative estimate of drug-likeness (QED) is 0.742. The highest BCUT2D eigenvalue weighted by molar-refractivity contribution is 6.29. The number of carboxylic acids is 1. The zero-order chi connectivity index (χ0) is 9.30. The highest BCUT2D eigenvalue weighted by atomic mass is 35.5. The van der Waals surface area contributed by atoms with Gasteiger partial charge in [0.1, 0.15) is 5.15 Å². The summed E-state index contributed by atoms with van der Waals surface area (Å²) >= 11 is 5.62. The van der Waals surface area contributed by atoms with Crippen molar-refractivity contribution in [2.24, 2.45) is 0 Å². The van der Waals surface area contributed by atoms with E-state index in [1.54, 1.807) is 13.8 Å². The van der Waals surface area contributed by atoms with Crippen molar-refractivity contribution in [3.05, 3.63) is 28.0 Å². The van der Waals surface area contributed by atoms with Crippen LogP contribution in [0.25, 0.3) is 0 Å². The second-order valence-electron chi connectivity index (χ2n) is 2.53. The Morgan fingerprint density at radius 2 is 2.08 bits per heavy atom. The Bertz CT molecular complexity index is 316. The Balaban J connectivity index is 0.00000144. The molecule has 0 saturated heterocycles. The van der Waals surface area contributed by atoms with E-state index in [0.717, 1.165) is 0 Å². The van der Waals surface area contributed by atoms with Crippen LogP contribution in [0.15, 0.2) is 6.07 Å². The average molecular weight is 222 g/mol. The van der Waals surface area contributed by atoms with Crippen LogP contribution in [-0.2, 0) is 0 Å². The summed E-state index contributed by atoms with van der Waals surface area (Å²) in [5.74, 6) is -0.964. The van der Waals surface area contributed by atoms with E-state index in [4.69, 9.17) is 16.7 Å². The number of hydrogen-bond acceptors (Lipinski definition) is 2. The average Bonchev–Trinajstić information content (AvgIpc) is 1.82. The van der Waals surface area contributed by atoms with E-state index in [0.29, 0.717) is 16.4 Å². The fraction of sp³-hybridized carbons (Fsp3) is 0.250. The van der Waals surface area contributed by atoms with Crippen molar-refractivity contribution in [3.8, 4) is 0 Å². The number of carboxylic acid groups (broad SMARTS) is 1. The van der Waals surface area contributed by atoms with Gasteiger partial charge in [-0.3, -0.25) is 0 Å². The van der Waals surface area contributed by atoms with Gasteiger partial charge in [-0.25, -0.2) is 9.78 Å². The van der Waals surface area contributed by atoms with Crippen molar-refractivity contribution in [1.29, 1.82) is 0 Å². The molecule has 0 amide bonds. The predicted molar refractivity (Wildman–Crippen MR) is 52.9 cm³/mol. The molecular weight excluding hydrogens is 213 g/mol. The molecule has 0 fully saturated rings. The lowest BCUT2D eigenvalue weighted by Gasteiger charge is -2.03. The molecule has 0 saturated carbocycles. The third-order valence-electron chi connectivity index (χ3n) is 1.58. The maximum Gasteiger partial charge on any atom is 0.337 e. The van der Waals surface area contributed by atoms with Crippen molar-refractivity contribution < 1.29 is 9.90 Å². The number of carbonyl (C=O) groups is 1. The van der Waals surface area contributed by atoms with Gasteiger partial charge in [-0.15, -0.1) is 12.4 Å². The number of nitrogens with zero attached hydrogens (tertiary/aromatic N) is 1. The molecule has 1 aromatic rings. The summed E-state index contributed by atoms with van der Waals surface area (Å²) in [4.78, 5) is 14.5. The molecule has 0 spiro atoms. The van der Waals surface area contributed by atoms with Gasteiger partial charge in [-0.1, -0.05) is 11.6 Å². The van der Waals surface area contributed by atoms with Crippen LogP contribution in [-0.4, -0.2) is 16.1 Å². The van der Waals surface area contributed by atoms with Crippen molar-refractivity contribution in [2.75, 3.05) is 0 Å². The second kappa shape index (κ2) is 4.44. The van der Waals surface area contributed by atoms with Crippen LogP contribution in [0.4, 0.5) is 0 Å². The van der Waals surface area contributed by atoms with Crippen LogP contribution in [0.3, 0.4) is 0 Å². The van der Waals surface area contributed by atoms with E-state index >= 15 is 0 Å². The molecule has 1 heterocycles. The van der Waals surface area contributed by atoms with Gasteiger partial charge in [0.25, 0.3) is 0 Å². The van der Waals surface area contributed by atoms with E-state index in [9.17, 15) is 4.79 Å². The molecule has 0 aliphatic heterocycles. The van der Waals surface area contributed by atoms with Gasteiger partial charge in [0, 0.05) is 0 Å². The minimum Gasteiger partial charge on any atom is -0.478 e. The predicted octanol–water partition coefficient (Wildman–Crippen LogP) is 2.47. The van der Waals surface area contributed by atoms with Gasteiger partial charge in [0.05, 0.1) is 11.3 Å². The number of halogens is 2. The molecule has 0 aliphatic carbocycles. The molecule has 0 radical (unpaired) electrons. The SMILES string of the molecule is Cc1cc(Cl)nc(C)c1C(=O)O.Cl. The smallest absolute Gasteiger partial charge is 0.337 e. The van der Waals surface area contributed by atoms with Gasteiger partial charge in [0.2, 0.25) is 0 Å². The normalized spacial score (nSPS) is 9.15. The van der Waals surface area contributed by atoms with Gasteiger partial charge >= 0.3 is 5.97 Å². The first kappa shape index (κ1) is 12.2. The molecule has 13 heavy (non-hydrogen) atoms. The minimum atomic E-state index is -0.964. The van der Waals surface area contributed by atoms with Gasteiger partial charge in [-0.2, -0.15) is 0 Å². The third-order valence-corrected chi connectivity index (χ3v) is 1.77. The van der Waals surface area contributed by atoms with E-state index < -0.39 is 5.97 Å². The maximum absolute atomic E-state index is 10.7.